The number of anilines is 1. The van der Waals surface area contributed by atoms with Crippen LogP contribution in [0.3, 0.4) is 0 Å². The largest absolute Gasteiger partial charge is 0.411 e. The average Bonchev–Trinajstić information content (AvgIpc) is 2.37. The Bertz CT molecular complexity index is 431. The molecule has 0 radical (unpaired) electrons. The van der Waals surface area contributed by atoms with Gasteiger partial charge in [-0.25, -0.2) is 0 Å². The molecule has 0 bridgehead atoms. The molecule has 0 saturated heterocycles. The molecular formula is C13H18F3N3O. The van der Waals surface area contributed by atoms with Crippen molar-refractivity contribution in [1.82, 2.24) is 0 Å². The average molecular weight is 289 g/mol. The van der Waals surface area contributed by atoms with E-state index in [0.29, 0.717) is 18.5 Å². The Balaban J connectivity index is 2.32. The topological polar surface area (TPSA) is 62.3 Å². The molecule has 112 valence electrons. The van der Waals surface area contributed by atoms with Gasteiger partial charge in [-0.2, -0.15) is 13.2 Å². The van der Waals surface area contributed by atoms with Gasteiger partial charge in [0.25, 0.3) is 0 Å². The van der Waals surface area contributed by atoms with Crippen molar-refractivity contribution in [2.45, 2.75) is 12.6 Å². The molecule has 0 aliphatic heterocycles. The highest BCUT2D eigenvalue weighted by molar-refractivity contribution is 5.95. The van der Waals surface area contributed by atoms with Crippen LogP contribution in [0.25, 0.3) is 0 Å². The first kappa shape index (κ1) is 16.3. The normalized spacial score (nSPS) is 11.4. The lowest BCUT2D eigenvalue weighted by atomic mass is 10.2. The molecule has 1 rings (SSSR count). The Morgan fingerprint density at radius 1 is 1.30 bits per heavy atom. The first-order chi connectivity index (χ1) is 9.29. The predicted molar refractivity (Wildman–Crippen MR) is 72.2 cm³/mol. The summed E-state index contributed by atoms with van der Waals surface area (Å²) >= 11 is 0. The van der Waals surface area contributed by atoms with E-state index in [0.717, 1.165) is 5.69 Å². The van der Waals surface area contributed by atoms with E-state index in [1.54, 1.807) is 12.1 Å². The van der Waals surface area contributed by atoms with Gasteiger partial charge in [0, 0.05) is 31.5 Å². The molecule has 4 nitrogen and oxygen atoms in total. The summed E-state index contributed by atoms with van der Waals surface area (Å²) in [6, 6.07) is 7.09. The molecule has 20 heavy (non-hydrogen) atoms. The fraction of sp³-hybridized carbons (Fsp3) is 0.462. The number of ether oxygens (including phenoxy) is 1. The van der Waals surface area contributed by atoms with Crippen molar-refractivity contribution >= 4 is 11.5 Å². The maximum absolute atomic E-state index is 11.8. The summed E-state index contributed by atoms with van der Waals surface area (Å²) in [5, 5.41) is 7.28. The molecule has 0 unspecified atom stereocenters. The van der Waals surface area contributed by atoms with E-state index in [-0.39, 0.29) is 12.4 Å². The highest BCUT2D eigenvalue weighted by atomic mass is 19.4. The number of nitrogens with zero attached hydrogens (tertiary/aromatic N) is 1. The van der Waals surface area contributed by atoms with Crippen LogP contribution in [0.4, 0.5) is 18.9 Å². The number of nitrogen functional groups attached to an aromatic ring is 1. The van der Waals surface area contributed by atoms with Gasteiger partial charge in [-0.05, 0) is 30.7 Å². The quantitative estimate of drug-likeness (QED) is 0.460. The van der Waals surface area contributed by atoms with Crippen LogP contribution in [-0.4, -0.2) is 38.8 Å². The molecule has 0 atom stereocenters. The van der Waals surface area contributed by atoms with Crippen molar-refractivity contribution in [2.75, 3.05) is 31.7 Å². The van der Waals surface area contributed by atoms with Crippen LogP contribution in [0.15, 0.2) is 24.3 Å². The second-order valence-corrected chi connectivity index (χ2v) is 4.40. The third kappa shape index (κ3) is 5.92. The van der Waals surface area contributed by atoms with Gasteiger partial charge in [0.05, 0.1) is 0 Å². The summed E-state index contributed by atoms with van der Waals surface area (Å²) in [5.74, 6) is -0.000228. The molecule has 0 spiro atoms. The summed E-state index contributed by atoms with van der Waals surface area (Å²) in [4.78, 5) is 1.90. The number of benzene rings is 1. The summed E-state index contributed by atoms with van der Waals surface area (Å²) in [5.41, 5.74) is 6.89. The first-order valence-electron chi connectivity index (χ1n) is 6.09. The molecule has 0 aliphatic carbocycles. The Morgan fingerprint density at radius 3 is 2.40 bits per heavy atom. The molecule has 0 fully saturated rings. The number of nitrogens with one attached hydrogen (secondary N) is 1. The van der Waals surface area contributed by atoms with Gasteiger partial charge < -0.3 is 15.4 Å². The van der Waals surface area contributed by atoms with E-state index in [9.17, 15) is 13.2 Å². The molecule has 1 aromatic carbocycles. The number of amidine groups is 1. The van der Waals surface area contributed by atoms with Gasteiger partial charge in [0.15, 0.2) is 0 Å². The minimum Gasteiger partial charge on any atom is -0.384 e. The van der Waals surface area contributed by atoms with Gasteiger partial charge in [0.1, 0.15) is 12.4 Å². The minimum atomic E-state index is -4.27. The number of hydrogen-bond acceptors (Lipinski definition) is 3. The van der Waals surface area contributed by atoms with E-state index < -0.39 is 12.8 Å². The summed E-state index contributed by atoms with van der Waals surface area (Å²) in [7, 11) is 1.84. The number of halogens is 3. The lowest BCUT2D eigenvalue weighted by Crippen LogP contribution is -2.22. The Kier molecular flexibility index (Phi) is 5.82. The van der Waals surface area contributed by atoms with Crippen LogP contribution in [-0.2, 0) is 4.74 Å². The lowest BCUT2D eigenvalue weighted by molar-refractivity contribution is -0.173. The van der Waals surface area contributed by atoms with Crippen molar-refractivity contribution in [3.8, 4) is 0 Å². The third-order valence-corrected chi connectivity index (χ3v) is 2.67. The molecule has 0 aliphatic rings. The monoisotopic (exact) mass is 289 g/mol. The molecule has 1 aromatic rings. The van der Waals surface area contributed by atoms with Gasteiger partial charge >= 0.3 is 6.18 Å². The van der Waals surface area contributed by atoms with Crippen LogP contribution in [0.2, 0.25) is 0 Å². The van der Waals surface area contributed by atoms with E-state index in [4.69, 9.17) is 11.1 Å². The second kappa shape index (κ2) is 7.14. The first-order valence-corrected chi connectivity index (χ1v) is 6.09. The van der Waals surface area contributed by atoms with Crippen LogP contribution in [0.5, 0.6) is 0 Å². The highest BCUT2D eigenvalue weighted by Crippen LogP contribution is 2.15. The van der Waals surface area contributed by atoms with Crippen molar-refractivity contribution in [1.29, 1.82) is 5.41 Å². The zero-order valence-electron chi connectivity index (χ0n) is 11.2. The Hall–Kier alpha value is -1.76. The maximum atomic E-state index is 11.8. The number of nitrogens with two attached hydrogens (primary N) is 1. The fourth-order valence-electron chi connectivity index (χ4n) is 1.62. The predicted octanol–water partition coefficient (Wildman–Crippen LogP) is 2.38. The van der Waals surface area contributed by atoms with E-state index >= 15 is 0 Å². The van der Waals surface area contributed by atoms with E-state index in [1.165, 1.54) is 0 Å². The second-order valence-electron chi connectivity index (χ2n) is 4.40. The van der Waals surface area contributed by atoms with Crippen molar-refractivity contribution in [3.05, 3.63) is 29.8 Å². The van der Waals surface area contributed by atoms with Gasteiger partial charge in [0.2, 0.25) is 0 Å². The van der Waals surface area contributed by atoms with Crippen LogP contribution in [0, 0.1) is 5.41 Å². The zero-order chi connectivity index (χ0) is 15.2. The van der Waals surface area contributed by atoms with E-state index in [2.05, 4.69) is 4.74 Å². The Morgan fingerprint density at radius 2 is 1.90 bits per heavy atom. The fourth-order valence-corrected chi connectivity index (χ4v) is 1.62. The summed E-state index contributed by atoms with van der Waals surface area (Å²) < 4.78 is 40.1. The minimum absolute atomic E-state index is 0.000228. The van der Waals surface area contributed by atoms with Crippen molar-refractivity contribution < 1.29 is 17.9 Å². The van der Waals surface area contributed by atoms with Crippen LogP contribution in [0.1, 0.15) is 12.0 Å². The molecule has 3 N–H and O–H groups in total. The third-order valence-electron chi connectivity index (χ3n) is 2.67. The molecule has 0 aromatic heterocycles. The van der Waals surface area contributed by atoms with Gasteiger partial charge in [-0.15, -0.1) is 0 Å². The molecule has 0 heterocycles. The highest BCUT2D eigenvalue weighted by Gasteiger charge is 2.27. The van der Waals surface area contributed by atoms with E-state index in [1.807, 2.05) is 24.1 Å². The van der Waals surface area contributed by atoms with Crippen molar-refractivity contribution in [3.63, 3.8) is 0 Å². The summed E-state index contributed by atoms with van der Waals surface area (Å²) in [6.45, 7) is -0.559. The van der Waals surface area contributed by atoms with Crippen LogP contribution < -0.4 is 10.6 Å². The number of alkyl halides is 3. The summed E-state index contributed by atoms with van der Waals surface area (Å²) in [6.07, 6.45) is -3.77. The zero-order valence-corrected chi connectivity index (χ0v) is 11.2. The number of hydrogen-bond donors (Lipinski definition) is 2. The van der Waals surface area contributed by atoms with Crippen LogP contribution >= 0.6 is 0 Å². The van der Waals surface area contributed by atoms with Gasteiger partial charge in [-0.3, -0.25) is 5.41 Å². The lowest BCUT2D eigenvalue weighted by Gasteiger charge is -2.19. The molecular weight excluding hydrogens is 271 g/mol. The smallest absolute Gasteiger partial charge is 0.384 e. The van der Waals surface area contributed by atoms with Gasteiger partial charge in [-0.1, -0.05) is 0 Å². The standard InChI is InChI=1S/C13H18F3N3O/c1-19(7-2-8-20-9-13(14,15)16)11-5-3-10(4-6-11)12(17)18/h3-6H,2,7-9H2,1H3,(H3,17,18). The molecule has 0 amide bonds. The Labute approximate surface area is 115 Å². The molecule has 0 saturated carbocycles. The number of rotatable bonds is 7. The maximum Gasteiger partial charge on any atom is 0.411 e. The molecule has 7 heteroatoms. The van der Waals surface area contributed by atoms with Crippen molar-refractivity contribution in [2.24, 2.45) is 5.73 Å². The SMILES string of the molecule is CN(CCCOCC(F)(F)F)c1ccc(C(=N)N)cc1.